The molecule has 27 heavy (non-hydrogen) atoms. The molecule has 1 aliphatic rings. The molecule has 2 aromatic carbocycles. The molecule has 1 heterocycles. The van der Waals surface area contributed by atoms with Crippen molar-refractivity contribution in [2.24, 2.45) is 0 Å². The first-order chi connectivity index (χ1) is 13.0. The minimum Gasteiger partial charge on any atom is -0.350 e. The third kappa shape index (κ3) is 4.86. The second kappa shape index (κ2) is 8.82. The van der Waals surface area contributed by atoms with Crippen molar-refractivity contribution < 1.29 is 9.59 Å². The highest BCUT2D eigenvalue weighted by atomic mass is 79.9. The van der Waals surface area contributed by atoms with Gasteiger partial charge in [-0.05, 0) is 36.3 Å². The number of hydrogen-bond acceptors (Lipinski definition) is 4. The Hall–Kier alpha value is -1.96. The lowest BCUT2D eigenvalue weighted by molar-refractivity contribution is -0.132. The van der Waals surface area contributed by atoms with Crippen molar-refractivity contribution in [2.75, 3.05) is 0 Å². The predicted molar refractivity (Wildman–Crippen MR) is 117 cm³/mol. The molecular weight excluding hydrogens is 444 g/mol. The van der Waals surface area contributed by atoms with Crippen LogP contribution in [0.4, 0.5) is 0 Å². The molecule has 1 unspecified atom stereocenters. The third-order valence-electron chi connectivity index (χ3n) is 4.07. The van der Waals surface area contributed by atoms with E-state index in [0.29, 0.717) is 15.8 Å². The van der Waals surface area contributed by atoms with Gasteiger partial charge in [0.05, 0.1) is 4.91 Å². The molecule has 1 saturated heterocycles. The lowest BCUT2D eigenvalue weighted by Gasteiger charge is -2.22. The Balaban J connectivity index is 1.68. The van der Waals surface area contributed by atoms with Gasteiger partial charge in [0.2, 0.25) is 5.91 Å². The van der Waals surface area contributed by atoms with E-state index in [1.165, 1.54) is 16.7 Å². The molecule has 4 nitrogen and oxygen atoms in total. The Labute approximate surface area is 176 Å². The van der Waals surface area contributed by atoms with E-state index < -0.39 is 6.04 Å². The van der Waals surface area contributed by atoms with Crippen molar-refractivity contribution in [2.45, 2.75) is 19.5 Å². The summed E-state index contributed by atoms with van der Waals surface area (Å²) >= 11 is 9.95. The number of carbonyl (C=O) groups excluding carboxylic acids is 2. The Morgan fingerprint density at radius 1 is 1.22 bits per heavy atom. The van der Waals surface area contributed by atoms with E-state index in [-0.39, 0.29) is 11.8 Å². The maximum absolute atomic E-state index is 12.8. The second-order valence-electron chi connectivity index (χ2n) is 5.98. The summed E-state index contributed by atoms with van der Waals surface area (Å²) in [5.74, 6) is -0.477. The summed E-state index contributed by atoms with van der Waals surface area (Å²) in [6.45, 7) is 2.10. The number of rotatable bonds is 5. The van der Waals surface area contributed by atoms with Gasteiger partial charge in [-0.1, -0.05) is 82.4 Å². The molecule has 1 fully saturated rings. The van der Waals surface area contributed by atoms with Crippen LogP contribution < -0.4 is 5.32 Å². The zero-order valence-corrected chi connectivity index (χ0v) is 17.7. The SMILES string of the molecule is CC(C(=O)NCc1ccccc1)N1C(=O)/C(=C/c2ccc(Br)cc2)SC1=S. The normalized spacial score (nSPS) is 16.7. The Morgan fingerprint density at radius 3 is 2.56 bits per heavy atom. The summed E-state index contributed by atoms with van der Waals surface area (Å²) in [6, 6.07) is 16.6. The monoisotopic (exact) mass is 460 g/mol. The van der Waals surface area contributed by atoms with Crippen molar-refractivity contribution in [1.82, 2.24) is 10.2 Å². The van der Waals surface area contributed by atoms with Crippen LogP contribution in [0.2, 0.25) is 0 Å². The zero-order valence-electron chi connectivity index (χ0n) is 14.5. The van der Waals surface area contributed by atoms with Gasteiger partial charge in [0.1, 0.15) is 10.4 Å². The number of benzene rings is 2. The van der Waals surface area contributed by atoms with Gasteiger partial charge < -0.3 is 5.32 Å². The van der Waals surface area contributed by atoms with Gasteiger partial charge in [-0.15, -0.1) is 0 Å². The highest BCUT2D eigenvalue weighted by Crippen LogP contribution is 2.34. The maximum atomic E-state index is 12.8. The summed E-state index contributed by atoms with van der Waals surface area (Å²) in [5.41, 5.74) is 1.90. The van der Waals surface area contributed by atoms with Gasteiger partial charge in [-0.3, -0.25) is 14.5 Å². The van der Waals surface area contributed by atoms with Crippen LogP contribution in [-0.4, -0.2) is 27.1 Å². The summed E-state index contributed by atoms with van der Waals surface area (Å²) in [7, 11) is 0. The molecule has 138 valence electrons. The van der Waals surface area contributed by atoms with E-state index in [2.05, 4.69) is 21.2 Å². The fraction of sp³-hybridized carbons (Fsp3) is 0.150. The van der Waals surface area contributed by atoms with E-state index in [4.69, 9.17) is 12.2 Å². The summed E-state index contributed by atoms with van der Waals surface area (Å²) in [4.78, 5) is 27.2. The molecule has 1 aliphatic heterocycles. The summed E-state index contributed by atoms with van der Waals surface area (Å²) in [6.07, 6.45) is 1.79. The van der Waals surface area contributed by atoms with Crippen LogP contribution in [0.5, 0.6) is 0 Å². The standard InChI is InChI=1S/C20H17BrN2O2S2/c1-13(18(24)22-12-15-5-3-2-4-6-15)23-19(25)17(27-20(23)26)11-14-7-9-16(21)10-8-14/h2-11,13H,12H2,1H3,(H,22,24)/b17-11-. The number of nitrogens with zero attached hydrogens (tertiary/aromatic N) is 1. The minimum atomic E-state index is -0.669. The topological polar surface area (TPSA) is 49.4 Å². The number of thioether (sulfide) groups is 1. The number of halogens is 1. The van der Waals surface area contributed by atoms with Crippen LogP contribution in [0.25, 0.3) is 6.08 Å². The molecule has 0 spiro atoms. The molecule has 1 N–H and O–H groups in total. The minimum absolute atomic E-state index is 0.236. The lowest BCUT2D eigenvalue weighted by atomic mass is 10.2. The molecule has 2 amide bonds. The molecule has 0 radical (unpaired) electrons. The Kier molecular flexibility index (Phi) is 6.46. The molecule has 3 rings (SSSR count). The molecule has 1 atom stereocenters. The largest absolute Gasteiger partial charge is 0.350 e. The van der Waals surface area contributed by atoms with E-state index in [1.54, 1.807) is 13.0 Å². The van der Waals surface area contributed by atoms with Crippen molar-refractivity contribution in [3.05, 3.63) is 75.1 Å². The van der Waals surface area contributed by atoms with E-state index >= 15 is 0 Å². The van der Waals surface area contributed by atoms with Gasteiger partial charge in [0.15, 0.2) is 0 Å². The van der Waals surface area contributed by atoms with Crippen LogP contribution in [-0.2, 0) is 16.1 Å². The summed E-state index contributed by atoms with van der Waals surface area (Å²) in [5, 5.41) is 2.86. The molecular formula is C20H17BrN2O2S2. The summed E-state index contributed by atoms with van der Waals surface area (Å²) < 4.78 is 1.36. The maximum Gasteiger partial charge on any atom is 0.266 e. The smallest absolute Gasteiger partial charge is 0.266 e. The molecule has 7 heteroatoms. The van der Waals surface area contributed by atoms with Gasteiger partial charge in [0.25, 0.3) is 5.91 Å². The zero-order chi connectivity index (χ0) is 19.4. The molecule has 0 saturated carbocycles. The van der Waals surface area contributed by atoms with Crippen LogP contribution in [0.1, 0.15) is 18.1 Å². The fourth-order valence-corrected chi connectivity index (χ4v) is 4.26. The lowest BCUT2D eigenvalue weighted by Crippen LogP contribution is -2.46. The van der Waals surface area contributed by atoms with Crippen LogP contribution in [0.3, 0.4) is 0 Å². The molecule has 2 aromatic rings. The average Bonchev–Trinajstić information content (AvgIpc) is 2.95. The number of nitrogens with one attached hydrogen (secondary N) is 1. The van der Waals surface area contributed by atoms with Crippen molar-refractivity contribution in [3.63, 3.8) is 0 Å². The second-order valence-corrected chi connectivity index (χ2v) is 8.57. The van der Waals surface area contributed by atoms with Crippen molar-refractivity contribution >= 4 is 62.1 Å². The highest BCUT2D eigenvalue weighted by Gasteiger charge is 2.38. The van der Waals surface area contributed by atoms with Crippen LogP contribution in [0.15, 0.2) is 64.0 Å². The van der Waals surface area contributed by atoms with Crippen LogP contribution >= 0.6 is 39.9 Å². The number of amides is 2. The van der Waals surface area contributed by atoms with Crippen molar-refractivity contribution in [1.29, 1.82) is 0 Å². The molecule has 0 aliphatic carbocycles. The van der Waals surface area contributed by atoms with E-state index in [0.717, 1.165) is 15.6 Å². The number of hydrogen-bond donors (Lipinski definition) is 1. The number of carbonyl (C=O) groups is 2. The van der Waals surface area contributed by atoms with Crippen LogP contribution in [0, 0.1) is 0 Å². The fourth-order valence-electron chi connectivity index (χ4n) is 2.57. The highest BCUT2D eigenvalue weighted by molar-refractivity contribution is 9.10. The first kappa shape index (κ1) is 19.8. The quantitative estimate of drug-likeness (QED) is 0.531. The average molecular weight is 461 g/mol. The van der Waals surface area contributed by atoms with E-state index in [1.807, 2.05) is 54.6 Å². The predicted octanol–water partition coefficient (Wildman–Crippen LogP) is 4.36. The van der Waals surface area contributed by atoms with Gasteiger partial charge in [-0.2, -0.15) is 0 Å². The van der Waals surface area contributed by atoms with Gasteiger partial charge >= 0.3 is 0 Å². The van der Waals surface area contributed by atoms with Crippen molar-refractivity contribution in [3.8, 4) is 0 Å². The first-order valence-electron chi connectivity index (χ1n) is 8.30. The Bertz CT molecular complexity index is 898. The van der Waals surface area contributed by atoms with Gasteiger partial charge in [0, 0.05) is 11.0 Å². The Morgan fingerprint density at radius 2 is 1.89 bits per heavy atom. The molecule has 0 bridgehead atoms. The van der Waals surface area contributed by atoms with E-state index in [9.17, 15) is 9.59 Å². The van der Waals surface area contributed by atoms with Gasteiger partial charge in [-0.25, -0.2) is 0 Å². The molecule has 0 aromatic heterocycles. The third-order valence-corrected chi connectivity index (χ3v) is 5.93. The number of thiocarbonyl (C=S) groups is 1. The first-order valence-corrected chi connectivity index (χ1v) is 10.3.